The lowest BCUT2D eigenvalue weighted by Crippen LogP contribution is -2.41. The van der Waals surface area contributed by atoms with Crippen LogP contribution >= 0.6 is 0 Å². The molecule has 0 aliphatic rings. The number of ether oxygens (including phenoxy) is 3. The third kappa shape index (κ3) is 7.07. The number of para-hydroxylation sites is 1. The van der Waals surface area contributed by atoms with Gasteiger partial charge in [0, 0.05) is 18.7 Å². The Morgan fingerprint density at radius 1 is 0.968 bits per heavy atom. The molecule has 31 heavy (non-hydrogen) atoms. The van der Waals surface area contributed by atoms with Gasteiger partial charge in [-0.15, -0.1) is 0 Å². The molecule has 0 bridgehead atoms. The fourth-order valence-electron chi connectivity index (χ4n) is 3.29. The molecule has 0 heterocycles. The van der Waals surface area contributed by atoms with Crippen LogP contribution in [0.1, 0.15) is 31.0 Å². The maximum atomic E-state index is 5.72. The van der Waals surface area contributed by atoms with Gasteiger partial charge in [0.25, 0.3) is 0 Å². The maximum Gasteiger partial charge on any atom is 0.191 e. The molecule has 0 fully saturated rings. The molecule has 2 N–H and O–H groups in total. The Bertz CT molecular complexity index is 839. The predicted octanol–water partition coefficient (Wildman–Crippen LogP) is 3.46. The smallest absolute Gasteiger partial charge is 0.191 e. The molecule has 7 heteroatoms. The normalized spacial score (nSPS) is 12.4. The SMILES string of the molecule is CCNC(=NCc1ccccc1OCC)NCC(c1ccc(OC)c(OC)c1)N(C)C. The van der Waals surface area contributed by atoms with Crippen molar-refractivity contribution in [2.75, 3.05) is 48.0 Å². The quantitative estimate of drug-likeness (QED) is 0.422. The van der Waals surface area contributed by atoms with Gasteiger partial charge in [-0.2, -0.15) is 0 Å². The standard InChI is InChI=1S/C24H36N4O3/c1-7-25-24(26-16-19-11-9-10-12-21(19)31-8-2)27-17-20(28(3)4)18-13-14-22(29-5)23(15-18)30-6/h9-15,20H,7-8,16-17H2,1-6H3,(H2,25,26,27). The van der Waals surface area contributed by atoms with Crippen LogP contribution in [0.3, 0.4) is 0 Å². The van der Waals surface area contributed by atoms with E-state index < -0.39 is 0 Å². The molecule has 0 aliphatic carbocycles. The molecule has 0 saturated carbocycles. The number of methoxy groups -OCH3 is 2. The molecule has 1 unspecified atom stereocenters. The van der Waals surface area contributed by atoms with Gasteiger partial charge in [-0.25, -0.2) is 4.99 Å². The summed E-state index contributed by atoms with van der Waals surface area (Å²) in [5, 5.41) is 6.80. The molecule has 0 saturated heterocycles. The number of benzene rings is 2. The van der Waals surface area contributed by atoms with Crippen molar-refractivity contribution in [1.29, 1.82) is 0 Å². The summed E-state index contributed by atoms with van der Waals surface area (Å²) in [6, 6.07) is 14.2. The molecule has 2 aromatic rings. The van der Waals surface area contributed by atoms with Gasteiger partial charge in [0.2, 0.25) is 0 Å². The summed E-state index contributed by atoms with van der Waals surface area (Å²) in [4.78, 5) is 6.93. The maximum absolute atomic E-state index is 5.72. The van der Waals surface area contributed by atoms with E-state index in [0.29, 0.717) is 19.7 Å². The van der Waals surface area contributed by atoms with Gasteiger partial charge in [-0.05, 0) is 51.7 Å². The monoisotopic (exact) mass is 428 g/mol. The molecule has 1 atom stereocenters. The van der Waals surface area contributed by atoms with Crippen molar-refractivity contribution in [3.05, 3.63) is 53.6 Å². The molecule has 0 aliphatic heterocycles. The molecule has 0 amide bonds. The summed E-state index contributed by atoms with van der Waals surface area (Å²) in [7, 11) is 7.42. The first-order valence-electron chi connectivity index (χ1n) is 10.6. The van der Waals surface area contributed by atoms with Crippen LogP contribution in [0, 0.1) is 0 Å². The minimum absolute atomic E-state index is 0.124. The van der Waals surface area contributed by atoms with E-state index in [-0.39, 0.29) is 6.04 Å². The average molecular weight is 429 g/mol. The first-order valence-corrected chi connectivity index (χ1v) is 10.6. The number of guanidine groups is 1. The summed E-state index contributed by atoms with van der Waals surface area (Å²) < 4.78 is 16.6. The zero-order valence-corrected chi connectivity index (χ0v) is 19.6. The highest BCUT2D eigenvalue weighted by Crippen LogP contribution is 2.31. The Labute approximate surface area is 186 Å². The Hall–Kier alpha value is -2.93. The van der Waals surface area contributed by atoms with E-state index in [4.69, 9.17) is 19.2 Å². The van der Waals surface area contributed by atoms with E-state index in [1.54, 1.807) is 14.2 Å². The summed E-state index contributed by atoms with van der Waals surface area (Å²) >= 11 is 0. The van der Waals surface area contributed by atoms with Crippen LogP contribution in [0.15, 0.2) is 47.5 Å². The molecule has 170 valence electrons. The Morgan fingerprint density at radius 3 is 2.35 bits per heavy atom. The molecule has 2 aromatic carbocycles. The van der Waals surface area contributed by atoms with Gasteiger partial charge in [0.05, 0.1) is 33.4 Å². The number of likely N-dealkylation sites (N-methyl/N-ethyl adjacent to an activating group) is 1. The lowest BCUT2D eigenvalue weighted by Gasteiger charge is -2.26. The summed E-state index contributed by atoms with van der Waals surface area (Å²) in [6.45, 7) is 6.68. The number of hydrogen-bond acceptors (Lipinski definition) is 5. The second-order valence-electron chi connectivity index (χ2n) is 7.21. The third-order valence-corrected chi connectivity index (χ3v) is 4.90. The minimum atomic E-state index is 0.124. The lowest BCUT2D eigenvalue weighted by atomic mass is 10.1. The van der Waals surface area contributed by atoms with Gasteiger partial charge in [0.15, 0.2) is 17.5 Å². The first-order chi connectivity index (χ1) is 15.0. The van der Waals surface area contributed by atoms with Crippen molar-refractivity contribution in [3.63, 3.8) is 0 Å². The topological polar surface area (TPSA) is 67.4 Å². The highest BCUT2D eigenvalue weighted by Gasteiger charge is 2.17. The van der Waals surface area contributed by atoms with Crippen molar-refractivity contribution >= 4 is 5.96 Å². The largest absolute Gasteiger partial charge is 0.494 e. The minimum Gasteiger partial charge on any atom is -0.494 e. The van der Waals surface area contributed by atoms with Crippen LogP contribution in [0.25, 0.3) is 0 Å². The molecule has 7 nitrogen and oxygen atoms in total. The Balaban J connectivity index is 2.15. The zero-order valence-electron chi connectivity index (χ0n) is 19.6. The van der Waals surface area contributed by atoms with Gasteiger partial charge in [-0.3, -0.25) is 0 Å². The van der Waals surface area contributed by atoms with Gasteiger partial charge >= 0.3 is 0 Å². The van der Waals surface area contributed by atoms with E-state index in [1.165, 1.54) is 0 Å². The van der Waals surface area contributed by atoms with Crippen LogP contribution in [-0.4, -0.2) is 58.9 Å². The van der Waals surface area contributed by atoms with Gasteiger partial charge < -0.3 is 29.7 Å². The molecule has 0 radical (unpaired) electrons. The predicted molar refractivity (Wildman–Crippen MR) is 126 cm³/mol. The van der Waals surface area contributed by atoms with Gasteiger partial charge in [-0.1, -0.05) is 24.3 Å². The summed E-state index contributed by atoms with van der Waals surface area (Å²) in [5.74, 6) is 3.08. The van der Waals surface area contributed by atoms with E-state index >= 15 is 0 Å². The summed E-state index contributed by atoms with van der Waals surface area (Å²) in [6.07, 6.45) is 0. The van der Waals surface area contributed by atoms with Crippen LogP contribution in [0.5, 0.6) is 17.2 Å². The van der Waals surface area contributed by atoms with E-state index in [9.17, 15) is 0 Å². The molecular formula is C24H36N4O3. The fourth-order valence-corrected chi connectivity index (χ4v) is 3.29. The molecule has 2 rings (SSSR count). The van der Waals surface area contributed by atoms with E-state index in [1.807, 2.05) is 43.3 Å². The van der Waals surface area contributed by atoms with Crippen molar-refractivity contribution < 1.29 is 14.2 Å². The highest BCUT2D eigenvalue weighted by molar-refractivity contribution is 5.79. The van der Waals surface area contributed by atoms with Crippen molar-refractivity contribution in [1.82, 2.24) is 15.5 Å². The second kappa shape index (κ2) is 12.7. The number of hydrogen-bond donors (Lipinski definition) is 2. The Morgan fingerprint density at radius 2 is 1.71 bits per heavy atom. The average Bonchev–Trinajstić information content (AvgIpc) is 2.78. The number of nitrogens with zero attached hydrogens (tertiary/aromatic N) is 2. The first kappa shape index (κ1) is 24.3. The number of nitrogens with one attached hydrogen (secondary N) is 2. The van der Waals surface area contributed by atoms with E-state index in [2.05, 4.69) is 42.6 Å². The van der Waals surface area contributed by atoms with Crippen LogP contribution in [0.4, 0.5) is 0 Å². The van der Waals surface area contributed by atoms with Crippen molar-refractivity contribution in [2.24, 2.45) is 4.99 Å². The van der Waals surface area contributed by atoms with Crippen LogP contribution in [0.2, 0.25) is 0 Å². The van der Waals surface area contributed by atoms with Crippen molar-refractivity contribution in [2.45, 2.75) is 26.4 Å². The van der Waals surface area contributed by atoms with Gasteiger partial charge in [0.1, 0.15) is 5.75 Å². The molecular weight excluding hydrogens is 392 g/mol. The van der Waals surface area contributed by atoms with Crippen LogP contribution < -0.4 is 24.8 Å². The molecule has 0 aromatic heterocycles. The zero-order chi connectivity index (χ0) is 22.6. The highest BCUT2D eigenvalue weighted by atomic mass is 16.5. The number of rotatable bonds is 11. The fraction of sp³-hybridized carbons (Fsp3) is 0.458. The molecule has 0 spiro atoms. The summed E-state index contributed by atoms with van der Waals surface area (Å²) in [5.41, 5.74) is 2.19. The second-order valence-corrected chi connectivity index (χ2v) is 7.21. The Kier molecular flexibility index (Phi) is 9.97. The third-order valence-electron chi connectivity index (χ3n) is 4.90. The van der Waals surface area contributed by atoms with E-state index in [0.717, 1.165) is 40.9 Å². The van der Waals surface area contributed by atoms with Crippen LogP contribution in [-0.2, 0) is 6.54 Å². The number of aliphatic imine (C=N–C) groups is 1. The lowest BCUT2D eigenvalue weighted by molar-refractivity contribution is 0.295. The van der Waals surface area contributed by atoms with Crippen molar-refractivity contribution in [3.8, 4) is 17.2 Å².